The van der Waals surface area contributed by atoms with E-state index in [0.717, 1.165) is 29.9 Å². The molecular weight excluding hydrogens is 450 g/mol. The number of ketones is 1. The summed E-state index contributed by atoms with van der Waals surface area (Å²) in [5.74, 6) is 2.00. The number of ether oxygens (including phenoxy) is 2. The lowest BCUT2D eigenvalue weighted by molar-refractivity contribution is 0.0686. The summed E-state index contributed by atoms with van der Waals surface area (Å²) in [7, 11) is 0. The molecule has 1 aromatic carbocycles. The molecule has 0 spiro atoms. The highest BCUT2D eigenvalue weighted by Crippen LogP contribution is 2.36. The number of aromatic nitrogens is 3. The van der Waals surface area contributed by atoms with E-state index in [-0.39, 0.29) is 11.5 Å². The smallest absolute Gasteiger partial charge is 0.277 e. The van der Waals surface area contributed by atoms with Gasteiger partial charge in [0.05, 0.1) is 5.75 Å². The Morgan fingerprint density at radius 2 is 2.03 bits per heavy atom. The normalized spacial score (nSPS) is 17.5. The van der Waals surface area contributed by atoms with Crippen molar-refractivity contribution in [2.24, 2.45) is 0 Å². The lowest BCUT2D eigenvalue weighted by Crippen LogP contribution is -2.21. The fourth-order valence-corrected chi connectivity index (χ4v) is 5.22. The van der Waals surface area contributed by atoms with Gasteiger partial charge in [-0.1, -0.05) is 35.5 Å². The molecule has 8 heteroatoms. The Labute approximate surface area is 203 Å². The van der Waals surface area contributed by atoms with E-state index in [1.54, 1.807) is 5.57 Å². The predicted molar refractivity (Wildman–Crippen MR) is 130 cm³/mol. The summed E-state index contributed by atoms with van der Waals surface area (Å²) in [6.07, 6.45) is 7.98. The van der Waals surface area contributed by atoms with Gasteiger partial charge in [-0.3, -0.25) is 4.79 Å². The number of carbonyl (C=O) groups excluding carboxylic acids is 1. The van der Waals surface area contributed by atoms with E-state index in [1.807, 2.05) is 37.3 Å². The van der Waals surface area contributed by atoms with E-state index < -0.39 is 6.10 Å². The first-order chi connectivity index (χ1) is 16.6. The van der Waals surface area contributed by atoms with E-state index in [9.17, 15) is 4.79 Å². The van der Waals surface area contributed by atoms with Crippen LogP contribution in [0.2, 0.25) is 0 Å². The quantitative estimate of drug-likeness (QED) is 0.227. The highest BCUT2D eigenvalue weighted by Gasteiger charge is 2.27. The maximum Gasteiger partial charge on any atom is 0.277 e. The first-order valence-electron chi connectivity index (χ1n) is 11.8. The Hall–Kier alpha value is -3.00. The Balaban J connectivity index is 1.18. The van der Waals surface area contributed by atoms with Crippen LogP contribution in [0.4, 0.5) is 0 Å². The summed E-state index contributed by atoms with van der Waals surface area (Å²) in [6.45, 7) is 5.32. The van der Waals surface area contributed by atoms with Crippen LogP contribution in [0.5, 0.6) is 11.5 Å². The molecule has 0 N–H and O–H groups in total. The first-order valence-corrected chi connectivity index (χ1v) is 12.8. The van der Waals surface area contributed by atoms with Gasteiger partial charge in [0.25, 0.3) is 11.1 Å². The largest absolute Gasteiger partial charge is 0.485 e. The van der Waals surface area contributed by atoms with Gasteiger partial charge in [0.1, 0.15) is 6.61 Å². The molecule has 0 saturated heterocycles. The van der Waals surface area contributed by atoms with Crippen molar-refractivity contribution in [1.29, 1.82) is 0 Å². The minimum atomic E-state index is -0.467. The van der Waals surface area contributed by atoms with Crippen molar-refractivity contribution in [3.05, 3.63) is 64.8 Å². The molecular formula is C26H29N3O4S. The number of allylic oxidation sites excluding steroid dienone is 2. The van der Waals surface area contributed by atoms with Gasteiger partial charge < -0.3 is 18.5 Å². The van der Waals surface area contributed by atoms with Crippen LogP contribution in [-0.4, -0.2) is 32.9 Å². The second-order valence-corrected chi connectivity index (χ2v) is 9.70. The number of rotatable bonds is 8. The standard InChI is InChI=1S/C26H29N3O4S/c1-17-14-20(18(2)29(17)13-12-19-8-4-3-5-9-19)21(30)16-34-26-28-27-25(33-26)24-15-31-22-10-6-7-11-23(22)32-24/h6-8,10-11,14,24H,3-5,9,12-13,15-16H2,1-2H3. The number of fused-ring (bicyclic) bond motifs is 1. The van der Waals surface area contributed by atoms with Crippen molar-refractivity contribution in [1.82, 2.24) is 14.8 Å². The second kappa shape index (κ2) is 10.1. The highest BCUT2D eigenvalue weighted by atomic mass is 32.2. The van der Waals surface area contributed by atoms with Crippen LogP contribution in [-0.2, 0) is 6.54 Å². The minimum Gasteiger partial charge on any atom is -0.485 e. The lowest BCUT2D eigenvalue weighted by atomic mass is 9.97. The molecule has 34 heavy (non-hydrogen) atoms. The molecule has 3 aromatic rings. The van der Waals surface area contributed by atoms with Crippen molar-refractivity contribution in [3.63, 3.8) is 0 Å². The summed E-state index contributed by atoms with van der Waals surface area (Å²) in [4.78, 5) is 13.0. The van der Waals surface area contributed by atoms with E-state index in [2.05, 4.69) is 27.8 Å². The Bertz CT molecular complexity index is 1210. The molecule has 1 aliphatic heterocycles. The topological polar surface area (TPSA) is 79.4 Å². The van der Waals surface area contributed by atoms with Crippen molar-refractivity contribution < 1.29 is 18.7 Å². The van der Waals surface area contributed by atoms with Crippen LogP contribution in [0.3, 0.4) is 0 Å². The summed E-state index contributed by atoms with van der Waals surface area (Å²) in [6, 6.07) is 9.48. The molecule has 178 valence electrons. The molecule has 2 aromatic heterocycles. The number of hydrogen-bond donors (Lipinski definition) is 0. The predicted octanol–water partition coefficient (Wildman–Crippen LogP) is 5.87. The number of aryl methyl sites for hydroxylation is 1. The maximum atomic E-state index is 13.0. The molecule has 5 rings (SSSR count). The second-order valence-electron chi connectivity index (χ2n) is 8.78. The fourth-order valence-electron chi connectivity index (χ4n) is 4.57. The van der Waals surface area contributed by atoms with E-state index >= 15 is 0 Å². The van der Waals surface area contributed by atoms with Crippen LogP contribution < -0.4 is 9.47 Å². The average molecular weight is 480 g/mol. The van der Waals surface area contributed by atoms with Gasteiger partial charge in [-0.25, -0.2) is 0 Å². The summed E-state index contributed by atoms with van der Waals surface area (Å²) in [5.41, 5.74) is 4.46. The number of thioether (sulfide) groups is 1. The third-order valence-corrected chi connectivity index (χ3v) is 7.27. The number of carbonyl (C=O) groups is 1. The van der Waals surface area contributed by atoms with Gasteiger partial charge in [0.15, 0.2) is 17.3 Å². The fraction of sp³-hybridized carbons (Fsp3) is 0.423. The molecule has 1 aliphatic carbocycles. The third-order valence-electron chi connectivity index (χ3n) is 6.45. The molecule has 0 bridgehead atoms. The maximum absolute atomic E-state index is 13.0. The molecule has 1 unspecified atom stereocenters. The Morgan fingerprint density at radius 3 is 2.85 bits per heavy atom. The van der Waals surface area contributed by atoms with Crippen LogP contribution in [0.25, 0.3) is 0 Å². The summed E-state index contributed by atoms with van der Waals surface area (Å²) < 4.78 is 19.7. The lowest BCUT2D eigenvalue weighted by Gasteiger charge is -2.23. The van der Waals surface area contributed by atoms with Gasteiger partial charge >= 0.3 is 0 Å². The molecule has 2 aliphatic rings. The molecule has 0 radical (unpaired) electrons. The zero-order valence-electron chi connectivity index (χ0n) is 19.6. The van der Waals surface area contributed by atoms with Gasteiger partial charge in [-0.05, 0) is 64.2 Å². The number of hydrogen-bond acceptors (Lipinski definition) is 7. The van der Waals surface area contributed by atoms with Gasteiger partial charge in [0, 0.05) is 23.5 Å². The van der Waals surface area contributed by atoms with Crippen LogP contribution >= 0.6 is 11.8 Å². The summed E-state index contributed by atoms with van der Waals surface area (Å²) in [5, 5.41) is 8.54. The summed E-state index contributed by atoms with van der Waals surface area (Å²) >= 11 is 1.25. The Morgan fingerprint density at radius 1 is 1.18 bits per heavy atom. The van der Waals surface area contributed by atoms with Gasteiger partial charge in [-0.2, -0.15) is 0 Å². The molecule has 1 atom stereocenters. The van der Waals surface area contributed by atoms with Crippen molar-refractivity contribution in [2.75, 3.05) is 12.4 Å². The third kappa shape index (κ3) is 4.92. The molecule has 0 fully saturated rings. The molecule has 0 amide bonds. The van der Waals surface area contributed by atoms with Gasteiger partial charge in [-0.15, -0.1) is 10.2 Å². The van der Waals surface area contributed by atoms with Crippen LogP contribution in [0.15, 0.2) is 51.6 Å². The number of para-hydroxylation sites is 2. The van der Waals surface area contributed by atoms with Crippen molar-refractivity contribution in [2.45, 2.75) is 63.8 Å². The highest BCUT2D eigenvalue weighted by molar-refractivity contribution is 7.99. The van der Waals surface area contributed by atoms with Gasteiger partial charge in [0.2, 0.25) is 6.10 Å². The number of benzene rings is 1. The van der Waals surface area contributed by atoms with E-state index in [0.29, 0.717) is 29.2 Å². The Kier molecular flexibility index (Phi) is 6.76. The SMILES string of the molecule is Cc1cc(C(=O)CSc2nnc(C3COc4ccccc4O3)o2)c(C)n1CCC1=CCCCC1. The van der Waals surface area contributed by atoms with Crippen LogP contribution in [0, 0.1) is 13.8 Å². The molecule has 0 saturated carbocycles. The number of nitrogens with zero attached hydrogens (tertiary/aromatic N) is 3. The molecule has 7 nitrogen and oxygen atoms in total. The average Bonchev–Trinajstić information content (AvgIpc) is 3.46. The number of Topliss-reactive ketones (excluding diaryl/α,β-unsaturated/α-hetero) is 1. The van der Waals surface area contributed by atoms with E-state index in [1.165, 1.54) is 37.4 Å². The van der Waals surface area contributed by atoms with Crippen molar-refractivity contribution in [3.8, 4) is 11.5 Å². The molecule has 3 heterocycles. The monoisotopic (exact) mass is 479 g/mol. The van der Waals surface area contributed by atoms with Crippen molar-refractivity contribution >= 4 is 17.5 Å². The first kappa shape index (κ1) is 22.8. The zero-order chi connectivity index (χ0) is 23.5. The van der Waals surface area contributed by atoms with Crippen LogP contribution in [0.1, 0.15) is 65.8 Å². The zero-order valence-corrected chi connectivity index (χ0v) is 20.4. The minimum absolute atomic E-state index is 0.0622. The van der Waals surface area contributed by atoms with E-state index in [4.69, 9.17) is 13.9 Å².